The Morgan fingerprint density at radius 2 is 1.26 bits per heavy atom. The smallest absolute Gasteiger partial charge is 0.135 e. The molecule has 1 unspecified atom stereocenters. The van der Waals surface area contributed by atoms with Crippen LogP contribution < -0.4 is 0 Å². The van der Waals surface area contributed by atoms with Crippen molar-refractivity contribution >= 4 is 10.8 Å². The van der Waals surface area contributed by atoms with E-state index in [1.165, 1.54) is 0 Å². The van der Waals surface area contributed by atoms with Gasteiger partial charge in [-0.15, -0.1) is 0 Å². The van der Waals surface area contributed by atoms with Crippen LogP contribution >= 0.6 is 0 Å². The van der Waals surface area contributed by atoms with Crippen molar-refractivity contribution in [1.29, 1.82) is 0 Å². The van der Waals surface area contributed by atoms with Gasteiger partial charge in [-0.05, 0) is 57.1 Å². The molecule has 0 fully saturated rings. The first-order chi connectivity index (χ1) is 19.0. The zero-order valence-electron chi connectivity index (χ0n) is 22.2. The number of imidazole rings is 1. The highest BCUT2D eigenvalue weighted by atomic mass is 16.3. The van der Waals surface area contributed by atoms with E-state index in [0.29, 0.717) is 5.69 Å². The third-order valence-electron chi connectivity index (χ3n) is 7.90. The molecule has 5 aromatic carbocycles. The molecule has 1 atom stereocenters. The number of nitrogens with zero attached hydrogens (tertiary/aromatic N) is 2. The molecule has 3 heteroatoms. The molecule has 191 valence electrons. The van der Waals surface area contributed by atoms with Crippen LogP contribution in [0.4, 0.5) is 0 Å². The van der Waals surface area contributed by atoms with Gasteiger partial charge in [-0.25, -0.2) is 4.98 Å². The van der Waals surface area contributed by atoms with Crippen molar-refractivity contribution in [3.63, 3.8) is 0 Å². The summed E-state index contributed by atoms with van der Waals surface area (Å²) in [6.07, 6.45) is 3.89. The molecular weight excluding hydrogens is 476 g/mol. The summed E-state index contributed by atoms with van der Waals surface area (Å²) in [5.41, 5.74) is 2.81. The van der Waals surface area contributed by atoms with Crippen molar-refractivity contribution < 1.29 is 5.11 Å². The normalized spacial score (nSPS) is 13.4. The van der Waals surface area contributed by atoms with Crippen LogP contribution in [0, 0.1) is 12.0 Å². The van der Waals surface area contributed by atoms with Crippen molar-refractivity contribution in [1.82, 2.24) is 9.55 Å². The molecule has 0 bridgehead atoms. The van der Waals surface area contributed by atoms with Crippen LogP contribution in [0.1, 0.15) is 41.8 Å². The first-order valence-corrected chi connectivity index (χ1v) is 13.4. The SMILES string of the molecule is CC(C)C(O)(c1ccc2c[c]ccc2c1)c1cn(C(c2ccccc2)(c2ccccc2)c2ccccc2)cn1. The summed E-state index contributed by atoms with van der Waals surface area (Å²) in [5.74, 6) is -0.117. The lowest BCUT2D eigenvalue weighted by Crippen LogP contribution is -2.37. The van der Waals surface area contributed by atoms with Crippen LogP contribution in [0.3, 0.4) is 0 Å². The number of benzene rings is 5. The zero-order valence-corrected chi connectivity index (χ0v) is 22.2. The lowest BCUT2D eigenvalue weighted by Gasteiger charge is -2.37. The Labute approximate surface area is 230 Å². The topological polar surface area (TPSA) is 38.0 Å². The molecule has 1 radical (unpaired) electrons. The van der Waals surface area contributed by atoms with Crippen LogP contribution in [0.5, 0.6) is 0 Å². The molecule has 0 saturated carbocycles. The fourth-order valence-electron chi connectivity index (χ4n) is 5.83. The summed E-state index contributed by atoms with van der Waals surface area (Å²) in [7, 11) is 0. The minimum absolute atomic E-state index is 0.117. The number of rotatable bonds is 7. The van der Waals surface area contributed by atoms with Gasteiger partial charge >= 0.3 is 0 Å². The van der Waals surface area contributed by atoms with E-state index in [1.54, 1.807) is 0 Å². The predicted octanol–water partition coefficient (Wildman–Crippen LogP) is 7.57. The van der Waals surface area contributed by atoms with Gasteiger partial charge < -0.3 is 9.67 Å². The second kappa shape index (κ2) is 10.0. The third-order valence-corrected chi connectivity index (χ3v) is 7.90. The molecule has 0 saturated heterocycles. The fourth-order valence-corrected chi connectivity index (χ4v) is 5.83. The molecule has 1 aromatic heterocycles. The standard InChI is InChI=1S/C36H31N2O/c1-27(2)36(39,33-23-22-28-14-12-13-15-29(28)24-33)34-25-38(26-37-34)35(30-16-6-3-7-17-30,31-18-8-4-9-19-31)32-20-10-5-11-21-32/h3-11,13-27,39H,1-2H3. The van der Waals surface area contributed by atoms with Crippen molar-refractivity contribution in [2.24, 2.45) is 5.92 Å². The van der Waals surface area contributed by atoms with E-state index in [0.717, 1.165) is 33.0 Å². The molecule has 0 spiro atoms. The van der Waals surface area contributed by atoms with Crippen LogP contribution in [0.15, 0.2) is 140 Å². The largest absolute Gasteiger partial charge is 0.378 e. The number of fused-ring (bicyclic) bond motifs is 1. The highest BCUT2D eigenvalue weighted by molar-refractivity contribution is 5.83. The fraction of sp³-hybridized carbons (Fsp3) is 0.139. The van der Waals surface area contributed by atoms with E-state index < -0.39 is 11.1 Å². The number of aromatic nitrogens is 2. The molecule has 0 aliphatic rings. The highest BCUT2D eigenvalue weighted by Crippen LogP contribution is 2.43. The molecule has 0 amide bonds. The number of aliphatic hydroxyl groups is 1. The maximum absolute atomic E-state index is 12.4. The molecule has 39 heavy (non-hydrogen) atoms. The van der Waals surface area contributed by atoms with Crippen LogP contribution in [-0.4, -0.2) is 14.7 Å². The van der Waals surface area contributed by atoms with Crippen molar-refractivity contribution in [3.8, 4) is 0 Å². The molecule has 1 N–H and O–H groups in total. The van der Waals surface area contributed by atoms with E-state index >= 15 is 0 Å². The molecule has 3 nitrogen and oxygen atoms in total. The average molecular weight is 508 g/mol. The van der Waals surface area contributed by atoms with Gasteiger partial charge in [-0.3, -0.25) is 0 Å². The molecule has 1 heterocycles. The summed E-state index contributed by atoms with van der Waals surface area (Å²) >= 11 is 0. The minimum Gasteiger partial charge on any atom is -0.378 e. The molecular formula is C36H31N2O. The van der Waals surface area contributed by atoms with Gasteiger partial charge in [0.25, 0.3) is 0 Å². The maximum Gasteiger partial charge on any atom is 0.135 e. The average Bonchev–Trinajstić information content (AvgIpc) is 3.49. The quantitative estimate of drug-likeness (QED) is 0.226. The monoisotopic (exact) mass is 507 g/mol. The van der Waals surface area contributed by atoms with E-state index in [4.69, 9.17) is 4.98 Å². The second-order valence-electron chi connectivity index (χ2n) is 10.4. The lowest BCUT2D eigenvalue weighted by molar-refractivity contribution is 0.0279. The maximum atomic E-state index is 12.4. The first-order valence-electron chi connectivity index (χ1n) is 13.4. The van der Waals surface area contributed by atoms with Gasteiger partial charge in [-0.2, -0.15) is 0 Å². The van der Waals surface area contributed by atoms with Gasteiger partial charge in [0.05, 0.1) is 12.0 Å². The Kier molecular flexibility index (Phi) is 6.38. The summed E-state index contributed by atoms with van der Waals surface area (Å²) in [6.45, 7) is 4.08. The van der Waals surface area contributed by atoms with Gasteiger partial charge in [-0.1, -0.05) is 129 Å². The molecule has 0 aliphatic heterocycles. The Balaban J connectivity index is 1.60. The lowest BCUT2D eigenvalue weighted by atomic mass is 9.76. The summed E-state index contributed by atoms with van der Waals surface area (Å²) in [4.78, 5) is 4.92. The van der Waals surface area contributed by atoms with Crippen LogP contribution in [-0.2, 0) is 11.1 Å². The Morgan fingerprint density at radius 3 is 1.79 bits per heavy atom. The van der Waals surface area contributed by atoms with Crippen LogP contribution in [0.2, 0.25) is 0 Å². The van der Waals surface area contributed by atoms with Gasteiger partial charge in [0.2, 0.25) is 0 Å². The Hall–Kier alpha value is -4.47. The highest BCUT2D eigenvalue weighted by Gasteiger charge is 2.42. The third kappa shape index (κ3) is 4.07. The predicted molar refractivity (Wildman–Crippen MR) is 157 cm³/mol. The van der Waals surface area contributed by atoms with E-state index in [2.05, 4.69) is 89.5 Å². The van der Waals surface area contributed by atoms with Crippen molar-refractivity contribution in [2.45, 2.75) is 25.0 Å². The van der Waals surface area contributed by atoms with Gasteiger partial charge in [0, 0.05) is 6.20 Å². The zero-order chi connectivity index (χ0) is 26.9. The van der Waals surface area contributed by atoms with Crippen LogP contribution in [0.25, 0.3) is 10.8 Å². The molecule has 6 rings (SSSR count). The van der Waals surface area contributed by atoms with Gasteiger partial charge in [0.1, 0.15) is 11.1 Å². The second-order valence-corrected chi connectivity index (χ2v) is 10.4. The van der Waals surface area contributed by atoms with Crippen molar-refractivity contribution in [2.75, 3.05) is 0 Å². The van der Waals surface area contributed by atoms with Gasteiger partial charge in [0.15, 0.2) is 0 Å². The van der Waals surface area contributed by atoms with E-state index in [-0.39, 0.29) is 5.92 Å². The van der Waals surface area contributed by atoms with Crippen molar-refractivity contribution in [3.05, 3.63) is 174 Å². The number of hydrogen-bond donors (Lipinski definition) is 1. The number of hydrogen-bond acceptors (Lipinski definition) is 2. The molecule has 6 aromatic rings. The minimum atomic E-state index is -1.28. The Morgan fingerprint density at radius 1 is 0.692 bits per heavy atom. The molecule has 0 aliphatic carbocycles. The first kappa shape index (κ1) is 24.8. The Bertz CT molecular complexity index is 1590. The van der Waals surface area contributed by atoms with E-state index in [9.17, 15) is 5.11 Å². The summed E-state index contributed by atoms with van der Waals surface area (Å²) < 4.78 is 2.16. The summed E-state index contributed by atoms with van der Waals surface area (Å²) in [6, 6.07) is 46.7. The summed E-state index contributed by atoms with van der Waals surface area (Å²) in [5, 5.41) is 14.6. The van der Waals surface area contributed by atoms with E-state index in [1.807, 2.05) is 74.9 Å².